The maximum absolute atomic E-state index is 13.2. The van der Waals surface area contributed by atoms with Gasteiger partial charge in [-0.3, -0.25) is 0 Å². The zero-order chi connectivity index (χ0) is 15.5. The van der Waals surface area contributed by atoms with Crippen molar-refractivity contribution in [3.05, 3.63) is 64.9 Å². The van der Waals surface area contributed by atoms with Gasteiger partial charge in [-0.15, -0.1) is 0 Å². The lowest BCUT2D eigenvalue weighted by Gasteiger charge is -2.14. The van der Waals surface area contributed by atoms with Crippen LogP contribution in [0.15, 0.2) is 53.4 Å². The normalized spacial score (nSPS) is 13.1. The van der Waals surface area contributed by atoms with Gasteiger partial charge in [0, 0.05) is 12.6 Å². The molecule has 0 aliphatic rings. The number of rotatable bonds is 5. The third-order valence-electron chi connectivity index (χ3n) is 2.90. The molecule has 2 aromatic rings. The van der Waals surface area contributed by atoms with Gasteiger partial charge in [0.15, 0.2) is 0 Å². The molecule has 0 aliphatic heterocycles. The minimum absolute atomic E-state index is 0.0147. The van der Waals surface area contributed by atoms with Crippen LogP contribution >= 0.6 is 11.6 Å². The van der Waals surface area contributed by atoms with Crippen LogP contribution in [-0.4, -0.2) is 15.0 Å². The molecule has 0 fully saturated rings. The second-order valence-corrected chi connectivity index (χ2v) is 6.59. The lowest BCUT2D eigenvalue weighted by atomic mass is 10.1. The fraction of sp³-hybridized carbons (Fsp3) is 0.143. The summed E-state index contributed by atoms with van der Waals surface area (Å²) in [7, 11) is -3.92. The zero-order valence-electron chi connectivity index (χ0n) is 11.0. The Morgan fingerprint density at radius 3 is 2.52 bits per heavy atom. The van der Waals surface area contributed by atoms with Gasteiger partial charge in [-0.2, -0.15) is 0 Å². The Kier molecular flexibility index (Phi) is 4.95. The van der Waals surface area contributed by atoms with Crippen molar-refractivity contribution in [3.63, 3.8) is 0 Å². The van der Waals surface area contributed by atoms with E-state index in [0.29, 0.717) is 0 Å². The Morgan fingerprint density at radius 1 is 1.19 bits per heavy atom. The van der Waals surface area contributed by atoms with E-state index < -0.39 is 21.9 Å². The van der Waals surface area contributed by atoms with E-state index in [2.05, 4.69) is 4.72 Å². The molecule has 112 valence electrons. The van der Waals surface area contributed by atoms with Crippen molar-refractivity contribution in [2.24, 2.45) is 5.73 Å². The third-order valence-corrected chi connectivity index (χ3v) is 4.81. The molecule has 0 saturated heterocycles. The topological polar surface area (TPSA) is 72.2 Å². The number of nitrogens with two attached hydrogens (primary N) is 1. The van der Waals surface area contributed by atoms with Gasteiger partial charge < -0.3 is 5.73 Å². The van der Waals surface area contributed by atoms with Crippen LogP contribution in [0.5, 0.6) is 0 Å². The summed E-state index contributed by atoms with van der Waals surface area (Å²) in [6.07, 6.45) is 0. The second kappa shape index (κ2) is 6.53. The molecule has 7 heteroatoms. The SMILES string of the molecule is N[C@@H](CNS(=O)(=O)c1cc(F)ccc1Cl)c1ccccc1. The Hall–Kier alpha value is -1.47. The van der Waals surface area contributed by atoms with Gasteiger partial charge in [-0.25, -0.2) is 17.5 Å². The predicted octanol–water partition coefficient (Wildman–Crippen LogP) is 2.46. The van der Waals surface area contributed by atoms with Crippen molar-refractivity contribution in [1.29, 1.82) is 0 Å². The van der Waals surface area contributed by atoms with Crippen molar-refractivity contribution in [1.82, 2.24) is 4.72 Å². The van der Waals surface area contributed by atoms with Crippen molar-refractivity contribution < 1.29 is 12.8 Å². The van der Waals surface area contributed by atoms with Crippen molar-refractivity contribution in [2.45, 2.75) is 10.9 Å². The van der Waals surface area contributed by atoms with E-state index in [-0.39, 0.29) is 16.5 Å². The zero-order valence-corrected chi connectivity index (χ0v) is 12.5. The summed E-state index contributed by atoms with van der Waals surface area (Å²) < 4.78 is 39.7. The molecule has 3 N–H and O–H groups in total. The molecule has 0 bridgehead atoms. The maximum atomic E-state index is 13.2. The largest absolute Gasteiger partial charge is 0.323 e. The van der Waals surface area contributed by atoms with E-state index in [1.54, 1.807) is 12.1 Å². The molecule has 21 heavy (non-hydrogen) atoms. The third kappa shape index (κ3) is 4.01. The Labute approximate surface area is 127 Å². The standard InChI is InChI=1S/C14H14ClFN2O2S/c15-12-7-6-11(16)8-14(12)21(19,20)18-9-13(17)10-4-2-1-3-5-10/h1-8,13,18H,9,17H2/t13-/m0/s1. The number of hydrogen-bond acceptors (Lipinski definition) is 3. The first-order chi connectivity index (χ1) is 9.90. The molecule has 4 nitrogen and oxygen atoms in total. The van der Waals surface area contributed by atoms with E-state index in [0.717, 1.165) is 17.7 Å². The van der Waals surface area contributed by atoms with Crippen LogP contribution in [0.25, 0.3) is 0 Å². The fourth-order valence-corrected chi connectivity index (χ4v) is 3.35. The summed E-state index contributed by atoms with van der Waals surface area (Å²) >= 11 is 5.80. The summed E-state index contributed by atoms with van der Waals surface area (Å²) in [6.45, 7) is -0.0147. The van der Waals surface area contributed by atoms with E-state index in [1.807, 2.05) is 18.2 Å². The first-order valence-electron chi connectivity index (χ1n) is 6.15. The second-order valence-electron chi connectivity index (χ2n) is 4.44. The number of halogens is 2. The molecule has 0 spiro atoms. The predicted molar refractivity (Wildman–Crippen MR) is 80.0 cm³/mol. The average molecular weight is 329 g/mol. The van der Waals surface area contributed by atoms with Crippen LogP contribution < -0.4 is 10.5 Å². The minimum atomic E-state index is -3.92. The van der Waals surface area contributed by atoms with Gasteiger partial charge in [-0.05, 0) is 23.8 Å². The molecule has 0 unspecified atom stereocenters. The molecule has 2 rings (SSSR count). The van der Waals surface area contributed by atoms with Crippen LogP contribution in [0.3, 0.4) is 0 Å². The van der Waals surface area contributed by atoms with Crippen LogP contribution in [0.1, 0.15) is 11.6 Å². The van der Waals surface area contributed by atoms with Gasteiger partial charge in [0.1, 0.15) is 10.7 Å². The summed E-state index contributed by atoms with van der Waals surface area (Å²) in [5, 5.41) is -0.0443. The van der Waals surface area contributed by atoms with E-state index in [9.17, 15) is 12.8 Å². The highest BCUT2D eigenvalue weighted by Gasteiger charge is 2.19. The summed E-state index contributed by atoms with van der Waals surface area (Å²) in [5.74, 6) is -0.674. The van der Waals surface area contributed by atoms with E-state index >= 15 is 0 Å². The van der Waals surface area contributed by atoms with Crippen molar-refractivity contribution in [2.75, 3.05) is 6.54 Å². The Balaban J connectivity index is 2.13. The molecular formula is C14H14ClFN2O2S. The average Bonchev–Trinajstić information content (AvgIpc) is 2.48. The molecule has 2 aromatic carbocycles. The minimum Gasteiger partial charge on any atom is -0.323 e. The molecule has 1 atom stereocenters. The van der Waals surface area contributed by atoms with E-state index in [1.165, 1.54) is 6.07 Å². The Bertz CT molecular complexity index is 723. The molecule has 0 saturated carbocycles. The number of sulfonamides is 1. The highest BCUT2D eigenvalue weighted by Crippen LogP contribution is 2.22. The lowest BCUT2D eigenvalue weighted by Crippen LogP contribution is -2.32. The van der Waals surface area contributed by atoms with Crippen LogP contribution in [0.4, 0.5) is 4.39 Å². The summed E-state index contributed by atoms with van der Waals surface area (Å²) in [6, 6.07) is 11.7. The number of nitrogens with one attached hydrogen (secondary N) is 1. The molecule has 0 aromatic heterocycles. The highest BCUT2D eigenvalue weighted by atomic mass is 35.5. The van der Waals surface area contributed by atoms with Gasteiger partial charge in [0.25, 0.3) is 0 Å². The smallest absolute Gasteiger partial charge is 0.242 e. The van der Waals surface area contributed by atoms with Crippen LogP contribution in [0, 0.1) is 5.82 Å². The van der Waals surface area contributed by atoms with Gasteiger partial charge >= 0.3 is 0 Å². The number of benzene rings is 2. The summed E-state index contributed by atoms with van der Waals surface area (Å²) in [5.41, 5.74) is 6.71. The quantitative estimate of drug-likeness (QED) is 0.885. The van der Waals surface area contributed by atoms with Gasteiger partial charge in [0.2, 0.25) is 10.0 Å². The van der Waals surface area contributed by atoms with Gasteiger partial charge in [-0.1, -0.05) is 41.9 Å². The molecule has 0 radical (unpaired) electrons. The van der Waals surface area contributed by atoms with Crippen LogP contribution in [-0.2, 0) is 10.0 Å². The first kappa shape index (κ1) is 15.9. The lowest BCUT2D eigenvalue weighted by molar-refractivity contribution is 0.569. The monoisotopic (exact) mass is 328 g/mol. The first-order valence-corrected chi connectivity index (χ1v) is 8.01. The van der Waals surface area contributed by atoms with E-state index in [4.69, 9.17) is 17.3 Å². The summed E-state index contributed by atoms with van der Waals surface area (Å²) in [4.78, 5) is -0.301. The van der Waals surface area contributed by atoms with Crippen molar-refractivity contribution >= 4 is 21.6 Å². The van der Waals surface area contributed by atoms with Crippen LogP contribution in [0.2, 0.25) is 5.02 Å². The fourth-order valence-electron chi connectivity index (χ4n) is 1.78. The molecular weight excluding hydrogens is 315 g/mol. The number of hydrogen-bond donors (Lipinski definition) is 2. The molecule has 0 aliphatic carbocycles. The highest BCUT2D eigenvalue weighted by molar-refractivity contribution is 7.89. The van der Waals surface area contributed by atoms with Gasteiger partial charge in [0.05, 0.1) is 5.02 Å². The maximum Gasteiger partial charge on any atom is 0.242 e. The molecule has 0 amide bonds. The molecule has 0 heterocycles. The van der Waals surface area contributed by atoms with Crippen molar-refractivity contribution in [3.8, 4) is 0 Å². The Morgan fingerprint density at radius 2 is 1.86 bits per heavy atom.